The van der Waals surface area contributed by atoms with Crippen LogP contribution in [0.15, 0.2) is 12.2 Å². The van der Waals surface area contributed by atoms with E-state index in [-0.39, 0.29) is 54.8 Å². The largest absolute Gasteiger partial charge is 1.00 e. The van der Waals surface area contributed by atoms with E-state index < -0.39 is 20.1 Å². The normalized spacial score (nSPS) is 14.0. The summed E-state index contributed by atoms with van der Waals surface area (Å²) in [6.45, 7) is 6.78. The number of hydrogen-bond acceptors (Lipinski definition) is 7. The molecule has 2 atom stereocenters. The molecule has 0 aromatic heterocycles. The molecule has 0 heterocycles. The maximum absolute atomic E-state index is 11.6. The third-order valence-electron chi connectivity index (χ3n) is 3.95. The van der Waals surface area contributed by atoms with Crippen LogP contribution in [0.3, 0.4) is 0 Å². The Kier molecular flexibility index (Phi) is 21.0. The van der Waals surface area contributed by atoms with Crippen LogP contribution in [-0.4, -0.2) is 30.6 Å². The quantitative estimate of drug-likeness (QED) is 0.0871. The van der Waals surface area contributed by atoms with Gasteiger partial charge in [0.15, 0.2) is 0 Å². The van der Waals surface area contributed by atoms with Gasteiger partial charge in [-0.2, -0.15) is 0 Å². The van der Waals surface area contributed by atoms with Gasteiger partial charge in [-0.1, -0.05) is 71.3 Å². The standard InChI is InChI=1S/C19H37O7P.Na/c1-4-5-6-7-8-9-10-11-12-13-15-24-27(22,23)25-16-14-18(20)26-19(21)17(2)3;/h18,20H,2,4-16H2,1,3H3,(H,22,23);/q;+1/p-1. The number of esters is 1. The molecule has 0 aromatic carbocycles. The Bertz CT molecular complexity index is 460. The van der Waals surface area contributed by atoms with Crippen molar-refractivity contribution in [3.05, 3.63) is 12.2 Å². The summed E-state index contributed by atoms with van der Waals surface area (Å²) in [5.74, 6) is -0.745. The van der Waals surface area contributed by atoms with Gasteiger partial charge in [-0.15, -0.1) is 0 Å². The second kappa shape index (κ2) is 19.3. The van der Waals surface area contributed by atoms with Crippen LogP contribution in [0.5, 0.6) is 0 Å². The number of aliphatic hydroxyl groups is 1. The van der Waals surface area contributed by atoms with Crippen molar-refractivity contribution in [1.82, 2.24) is 0 Å². The fourth-order valence-electron chi connectivity index (χ4n) is 2.35. The predicted molar refractivity (Wildman–Crippen MR) is 103 cm³/mol. The number of unbranched alkanes of at least 4 members (excludes halogenated alkanes) is 9. The van der Waals surface area contributed by atoms with E-state index in [0.29, 0.717) is 6.42 Å². The molecule has 0 aromatic rings. The van der Waals surface area contributed by atoms with Crippen molar-refractivity contribution in [3.8, 4) is 0 Å². The van der Waals surface area contributed by atoms with Crippen molar-refractivity contribution in [1.29, 1.82) is 0 Å². The molecule has 0 aliphatic rings. The molecule has 0 bridgehead atoms. The topological polar surface area (TPSA) is 105 Å². The molecule has 28 heavy (non-hydrogen) atoms. The Balaban J connectivity index is 0. The number of carbonyl (C=O) groups excluding carboxylic acids is 1. The van der Waals surface area contributed by atoms with Gasteiger partial charge in [0, 0.05) is 12.0 Å². The van der Waals surface area contributed by atoms with Gasteiger partial charge in [0.05, 0.1) is 13.2 Å². The molecule has 0 saturated carbocycles. The summed E-state index contributed by atoms with van der Waals surface area (Å²) in [6, 6.07) is 0. The maximum atomic E-state index is 11.6. The van der Waals surface area contributed by atoms with Gasteiger partial charge in [0.1, 0.15) is 0 Å². The van der Waals surface area contributed by atoms with Crippen molar-refractivity contribution < 1.29 is 62.7 Å². The average Bonchev–Trinajstić information content (AvgIpc) is 2.59. The van der Waals surface area contributed by atoms with Gasteiger partial charge in [0.25, 0.3) is 7.82 Å². The van der Waals surface area contributed by atoms with E-state index >= 15 is 0 Å². The van der Waals surface area contributed by atoms with Gasteiger partial charge in [-0.05, 0) is 13.3 Å². The van der Waals surface area contributed by atoms with Gasteiger partial charge in [-0.25, -0.2) is 4.79 Å². The number of phosphoric acid groups is 1. The molecule has 2 unspecified atom stereocenters. The molecule has 7 nitrogen and oxygen atoms in total. The molecule has 0 amide bonds. The molecular weight excluding hydrogens is 394 g/mol. The number of carbonyl (C=O) groups is 1. The van der Waals surface area contributed by atoms with Crippen molar-refractivity contribution >= 4 is 13.8 Å². The summed E-state index contributed by atoms with van der Waals surface area (Å²) in [7, 11) is -4.40. The molecule has 0 aliphatic heterocycles. The summed E-state index contributed by atoms with van der Waals surface area (Å²) in [4.78, 5) is 22.8. The zero-order valence-electron chi connectivity index (χ0n) is 17.8. The van der Waals surface area contributed by atoms with Crippen LogP contribution < -0.4 is 34.5 Å². The van der Waals surface area contributed by atoms with Gasteiger partial charge in [-0.3, -0.25) is 4.57 Å². The summed E-state index contributed by atoms with van der Waals surface area (Å²) in [6.07, 6.45) is 9.88. The summed E-state index contributed by atoms with van der Waals surface area (Å²) in [5.41, 5.74) is 0.143. The Morgan fingerprint density at radius 1 is 1.00 bits per heavy atom. The zero-order valence-corrected chi connectivity index (χ0v) is 20.7. The minimum atomic E-state index is -4.40. The van der Waals surface area contributed by atoms with E-state index in [2.05, 4.69) is 22.8 Å². The van der Waals surface area contributed by atoms with Crippen LogP contribution in [0, 0.1) is 0 Å². The van der Waals surface area contributed by atoms with Crippen LogP contribution in [0.25, 0.3) is 0 Å². The molecule has 160 valence electrons. The molecular formula is C19H36NaO7P. The minimum absolute atomic E-state index is 0. The molecule has 0 fully saturated rings. The monoisotopic (exact) mass is 430 g/mol. The van der Waals surface area contributed by atoms with Crippen LogP contribution in [-0.2, 0) is 23.1 Å². The third kappa shape index (κ3) is 19.6. The van der Waals surface area contributed by atoms with Gasteiger partial charge < -0.3 is 23.8 Å². The second-order valence-electron chi connectivity index (χ2n) is 6.72. The van der Waals surface area contributed by atoms with Crippen molar-refractivity contribution in [2.45, 2.75) is 90.8 Å². The predicted octanol–water partition coefficient (Wildman–Crippen LogP) is 1.24. The van der Waals surface area contributed by atoms with E-state index in [9.17, 15) is 19.4 Å². The molecule has 0 spiro atoms. The van der Waals surface area contributed by atoms with Crippen molar-refractivity contribution in [3.63, 3.8) is 0 Å². The number of rotatable bonds is 18. The third-order valence-corrected chi connectivity index (χ3v) is 4.95. The Morgan fingerprint density at radius 2 is 1.46 bits per heavy atom. The summed E-state index contributed by atoms with van der Waals surface area (Å²) in [5, 5.41) is 9.45. The van der Waals surface area contributed by atoms with E-state index in [1.807, 2.05) is 0 Å². The first-order valence-electron chi connectivity index (χ1n) is 9.93. The second-order valence-corrected chi connectivity index (χ2v) is 8.14. The number of phosphoric ester groups is 1. The SMILES string of the molecule is C=C(C)C(=O)OC(O)CCOP(=O)([O-])OCCCCCCCCCCCC.[Na+]. The molecule has 0 aliphatic carbocycles. The summed E-state index contributed by atoms with van der Waals surface area (Å²) < 4.78 is 25.6. The van der Waals surface area contributed by atoms with Crippen LogP contribution >= 0.6 is 7.82 Å². The molecule has 0 radical (unpaired) electrons. The fourth-order valence-corrected chi connectivity index (χ4v) is 3.11. The van der Waals surface area contributed by atoms with E-state index in [0.717, 1.165) is 12.8 Å². The summed E-state index contributed by atoms with van der Waals surface area (Å²) >= 11 is 0. The van der Waals surface area contributed by atoms with Crippen molar-refractivity contribution in [2.24, 2.45) is 0 Å². The number of ether oxygens (including phenoxy) is 1. The van der Waals surface area contributed by atoms with Crippen LogP contribution in [0.1, 0.15) is 84.5 Å². The Morgan fingerprint density at radius 3 is 1.96 bits per heavy atom. The first-order valence-corrected chi connectivity index (χ1v) is 11.4. The Labute approximate surface area is 192 Å². The molecule has 1 N–H and O–H groups in total. The number of aliphatic hydroxyl groups excluding tert-OH is 1. The van der Waals surface area contributed by atoms with E-state index in [1.165, 1.54) is 51.9 Å². The van der Waals surface area contributed by atoms with Crippen LogP contribution in [0.4, 0.5) is 0 Å². The number of hydrogen-bond donors (Lipinski definition) is 1. The fraction of sp³-hybridized carbons (Fsp3) is 0.842. The van der Waals surface area contributed by atoms with Gasteiger partial charge >= 0.3 is 35.5 Å². The first-order chi connectivity index (χ1) is 12.8. The zero-order chi connectivity index (χ0) is 20.5. The molecule has 9 heteroatoms. The van der Waals surface area contributed by atoms with Crippen LogP contribution in [0.2, 0.25) is 0 Å². The Hall–Kier alpha value is 0.280. The minimum Gasteiger partial charge on any atom is -0.756 e. The average molecular weight is 430 g/mol. The molecule has 0 saturated heterocycles. The maximum Gasteiger partial charge on any atom is 1.00 e. The van der Waals surface area contributed by atoms with E-state index in [4.69, 9.17) is 4.52 Å². The van der Waals surface area contributed by atoms with E-state index in [1.54, 1.807) is 0 Å². The smallest absolute Gasteiger partial charge is 0.756 e. The van der Waals surface area contributed by atoms with Crippen molar-refractivity contribution in [2.75, 3.05) is 13.2 Å². The molecule has 0 rings (SSSR count). The van der Waals surface area contributed by atoms with Gasteiger partial charge in [0.2, 0.25) is 6.29 Å². The first kappa shape index (κ1) is 30.5.